The maximum Gasteiger partial charge on any atom is 0.330 e. The summed E-state index contributed by atoms with van der Waals surface area (Å²) >= 11 is 0. The average molecular weight is 302 g/mol. The molecule has 1 aliphatic rings. The van der Waals surface area contributed by atoms with Crippen molar-refractivity contribution in [2.24, 2.45) is 0 Å². The lowest BCUT2D eigenvalue weighted by Gasteiger charge is -2.22. The summed E-state index contributed by atoms with van der Waals surface area (Å²) in [7, 11) is 1.51. The SMILES string of the molecule is COCCO[C@H]1[C@@H](O)[C@@H](CO)O[C@H]1n1ccc(=O)[nH]c1=O. The number of hydrogen-bond acceptors (Lipinski definition) is 7. The molecule has 0 bridgehead atoms. The van der Waals surface area contributed by atoms with Crippen molar-refractivity contribution in [3.8, 4) is 0 Å². The first kappa shape index (κ1) is 15.9. The van der Waals surface area contributed by atoms with Crippen LogP contribution in [-0.4, -0.2) is 65.0 Å². The Labute approximate surface area is 119 Å². The van der Waals surface area contributed by atoms with Gasteiger partial charge >= 0.3 is 5.69 Å². The lowest BCUT2D eigenvalue weighted by molar-refractivity contribution is -0.0819. The number of aliphatic hydroxyl groups excluding tert-OH is 2. The quantitative estimate of drug-likeness (QED) is 0.510. The van der Waals surface area contributed by atoms with Crippen LogP contribution in [-0.2, 0) is 14.2 Å². The van der Waals surface area contributed by atoms with E-state index in [9.17, 15) is 19.8 Å². The molecule has 1 saturated heterocycles. The van der Waals surface area contributed by atoms with Crippen molar-refractivity contribution >= 4 is 0 Å². The Kier molecular flexibility index (Phi) is 5.26. The Hall–Kier alpha value is -1.52. The maximum atomic E-state index is 11.8. The van der Waals surface area contributed by atoms with Gasteiger partial charge in [-0.3, -0.25) is 14.3 Å². The van der Waals surface area contributed by atoms with Crippen molar-refractivity contribution in [3.63, 3.8) is 0 Å². The second-order valence-electron chi connectivity index (χ2n) is 4.58. The molecule has 118 valence electrons. The van der Waals surface area contributed by atoms with Gasteiger partial charge < -0.3 is 24.4 Å². The minimum absolute atomic E-state index is 0.189. The topological polar surface area (TPSA) is 123 Å². The Morgan fingerprint density at radius 1 is 1.43 bits per heavy atom. The number of H-pyrrole nitrogens is 1. The number of ether oxygens (including phenoxy) is 3. The molecule has 0 aromatic carbocycles. The highest BCUT2D eigenvalue weighted by atomic mass is 16.6. The van der Waals surface area contributed by atoms with Gasteiger partial charge in [0.05, 0.1) is 19.8 Å². The molecular formula is C12H18N2O7. The van der Waals surface area contributed by atoms with Crippen molar-refractivity contribution in [1.29, 1.82) is 0 Å². The van der Waals surface area contributed by atoms with Crippen LogP contribution in [0.25, 0.3) is 0 Å². The molecule has 9 nitrogen and oxygen atoms in total. The second-order valence-corrected chi connectivity index (χ2v) is 4.58. The van der Waals surface area contributed by atoms with Crippen LogP contribution >= 0.6 is 0 Å². The summed E-state index contributed by atoms with van der Waals surface area (Å²) in [5.41, 5.74) is -1.22. The first-order valence-electron chi connectivity index (χ1n) is 6.45. The molecule has 0 unspecified atom stereocenters. The van der Waals surface area contributed by atoms with E-state index in [1.807, 2.05) is 0 Å². The van der Waals surface area contributed by atoms with E-state index in [2.05, 4.69) is 4.98 Å². The first-order chi connectivity index (χ1) is 10.1. The molecule has 0 spiro atoms. The van der Waals surface area contributed by atoms with Crippen molar-refractivity contribution in [2.45, 2.75) is 24.5 Å². The third-order valence-corrected chi connectivity index (χ3v) is 3.22. The number of rotatable bonds is 6. The molecule has 1 aromatic rings. The summed E-state index contributed by atoms with van der Waals surface area (Å²) in [6.07, 6.45) is -2.53. The third-order valence-electron chi connectivity index (χ3n) is 3.22. The summed E-state index contributed by atoms with van der Waals surface area (Å²) in [6, 6.07) is 1.16. The molecule has 1 fully saturated rings. The van der Waals surface area contributed by atoms with Gasteiger partial charge in [-0.25, -0.2) is 4.79 Å². The van der Waals surface area contributed by atoms with Crippen molar-refractivity contribution in [3.05, 3.63) is 33.1 Å². The molecule has 2 heterocycles. The number of nitrogens with zero attached hydrogens (tertiary/aromatic N) is 1. The van der Waals surface area contributed by atoms with E-state index >= 15 is 0 Å². The van der Waals surface area contributed by atoms with Crippen LogP contribution in [0.3, 0.4) is 0 Å². The van der Waals surface area contributed by atoms with Crippen molar-refractivity contribution in [1.82, 2.24) is 9.55 Å². The number of nitrogens with one attached hydrogen (secondary N) is 1. The van der Waals surface area contributed by atoms with Crippen LogP contribution in [0.15, 0.2) is 21.9 Å². The zero-order valence-corrected chi connectivity index (χ0v) is 11.5. The zero-order valence-electron chi connectivity index (χ0n) is 11.5. The fourth-order valence-electron chi connectivity index (χ4n) is 2.17. The predicted molar refractivity (Wildman–Crippen MR) is 69.9 cm³/mol. The van der Waals surface area contributed by atoms with E-state index in [4.69, 9.17) is 14.2 Å². The van der Waals surface area contributed by atoms with E-state index in [-0.39, 0.29) is 6.61 Å². The lowest BCUT2D eigenvalue weighted by Crippen LogP contribution is -2.39. The van der Waals surface area contributed by atoms with E-state index in [1.165, 1.54) is 13.3 Å². The molecule has 0 saturated carbocycles. The van der Waals surface area contributed by atoms with Gasteiger partial charge in [-0.15, -0.1) is 0 Å². The highest BCUT2D eigenvalue weighted by Crippen LogP contribution is 2.30. The normalized spacial score (nSPS) is 28.9. The fraction of sp³-hybridized carbons (Fsp3) is 0.667. The van der Waals surface area contributed by atoms with Gasteiger partial charge in [-0.1, -0.05) is 0 Å². The van der Waals surface area contributed by atoms with Gasteiger partial charge in [-0.05, 0) is 0 Å². The standard InChI is InChI=1S/C12H18N2O7/c1-19-4-5-20-10-9(17)7(6-15)21-11(10)14-3-2-8(16)13-12(14)18/h2-3,7,9-11,15,17H,4-6H2,1H3,(H,13,16,18)/t7-,9+,10+,11-/m1/s1. The average Bonchev–Trinajstić information content (AvgIpc) is 2.76. The minimum atomic E-state index is -1.10. The molecule has 3 N–H and O–H groups in total. The maximum absolute atomic E-state index is 11.8. The summed E-state index contributed by atoms with van der Waals surface area (Å²) in [5, 5.41) is 19.3. The van der Waals surface area contributed by atoms with Gasteiger partial charge in [0.2, 0.25) is 0 Å². The van der Waals surface area contributed by atoms with Gasteiger partial charge in [-0.2, -0.15) is 0 Å². The molecule has 21 heavy (non-hydrogen) atoms. The zero-order chi connectivity index (χ0) is 15.4. The van der Waals surface area contributed by atoms with Crippen LogP contribution in [0.1, 0.15) is 6.23 Å². The Balaban J connectivity index is 2.25. The van der Waals surface area contributed by atoms with E-state index in [0.29, 0.717) is 6.61 Å². The van der Waals surface area contributed by atoms with Crippen molar-refractivity contribution < 1.29 is 24.4 Å². The molecule has 0 amide bonds. The van der Waals surface area contributed by atoms with Crippen LogP contribution in [0, 0.1) is 0 Å². The number of hydrogen-bond donors (Lipinski definition) is 3. The first-order valence-corrected chi connectivity index (χ1v) is 6.45. The molecule has 1 aromatic heterocycles. The number of aromatic amines is 1. The smallest absolute Gasteiger partial charge is 0.330 e. The second kappa shape index (κ2) is 6.96. The van der Waals surface area contributed by atoms with Gasteiger partial charge in [0, 0.05) is 19.4 Å². The molecule has 4 atom stereocenters. The predicted octanol–water partition coefficient (Wildman–Crippen LogP) is -2.18. The van der Waals surface area contributed by atoms with E-state index in [0.717, 1.165) is 10.6 Å². The summed E-state index contributed by atoms with van der Waals surface area (Å²) in [6.45, 7) is 0.0779. The van der Waals surface area contributed by atoms with E-state index in [1.54, 1.807) is 0 Å². The number of aliphatic hydroxyl groups is 2. The minimum Gasteiger partial charge on any atom is -0.394 e. The largest absolute Gasteiger partial charge is 0.394 e. The monoisotopic (exact) mass is 302 g/mol. The van der Waals surface area contributed by atoms with Gasteiger partial charge in [0.25, 0.3) is 5.56 Å². The number of methoxy groups -OCH3 is 1. The third kappa shape index (κ3) is 3.39. The summed E-state index contributed by atoms with van der Waals surface area (Å²) in [5.74, 6) is 0. The van der Waals surface area contributed by atoms with Crippen molar-refractivity contribution in [2.75, 3.05) is 26.9 Å². The van der Waals surface area contributed by atoms with Crippen LogP contribution < -0.4 is 11.2 Å². The summed E-state index contributed by atoms with van der Waals surface area (Å²) < 4.78 is 16.9. The molecule has 9 heteroatoms. The Bertz CT molecular complexity index is 569. The lowest BCUT2D eigenvalue weighted by atomic mass is 10.1. The Morgan fingerprint density at radius 2 is 2.19 bits per heavy atom. The molecule has 0 radical (unpaired) electrons. The Morgan fingerprint density at radius 3 is 2.81 bits per heavy atom. The van der Waals surface area contributed by atoms with Gasteiger partial charge in [0.15, 0.2) is 6.23 Å². The van der Waals surface area contributed by atoms with Crippen LogP contribution in [0.2, 0.25) is 0 Å². The van der Waals surface area contributed by atoms with Crippen LogP contribution in [0.5, 0.6) is 0 Å². The van der Waals surface area contributed by atoms with E-state index < -0.39 is 42.4 Å². The van der Waals surface area contributed by atoms with Gasteiger partial charge in [0.1, 0.15) is 18.3 Å². The number of aromatic nitrogens is 2. The molecular weight excluding hydrogens is 284 g/mol. The molecule has 1 aliphatic heterocycles. The van der Waals surface area contributed by atoms with Crippen LogP contribution in [0.4, 0.5) is 0 Å². The fourth-order valence-corrected chi connectivity index (χ4v) is 2.17. The molecule has 0 aliphatic carbocycles. The highest BCUT2D eigenvalue weighted by Gasteiger charge is 2.45. The summed E-state index contributed by atoms with van der Waals surface area (Å²) in [4.78, 5) is 25.0. The molecule has 2 rings (SSSR count). The highest BCUT2D eigenvalue weighted by molar-refractivity contribution is 4.93.